The summed E-state index contributed by atoms with van der Waals surface area (Å²) in [4.78, 5) is 22.4. The number of carbonyl (C=O) groups is 2. The van der Waals surface area contributed by atoms with Gasteiger partial charge in [0, 0.05) is 15.2 Å². The van der Waals surface area contributed by atoms with Crippen LogP contribution >= 0.6 is 27.3 Å². The number of hydrogen-bond acceptors (Lipinski definition) is 3. The molecule has 0 aliphatic heterocycles. The number of nitrogens with one attached hydrogen (secondary N) is 1. The van der Waals surface area contributed by atoms with Gasteiger partial charge in [0.1, 0.15) is 5.54 Å². The average molecular weight is 292 g/mol. The number of carboxylic acids is 1. The minimum absolute atomic E-state index is 0.393. The van der Waals surface area contributed by atoms with Crippen LogP contribution in [0.15, 0.2) is 15.2 Å². The van der Waals surface area contributed by atoms with Gasteiger partial charge in [0.25, 0.3) is 5.91 Å². The van der Waals surface area contributed by atoms with Crippen LogP contribution < -0.4 is 5.32 Å². The first kappa shape index (κ1) is 12.2. The third kappa shape index (κ3) is 2.79. The standard InChI is InChI=1S/C9H10BrNO3S/c1-9(2,8(13)14)11-7(12)5-3-15-4-6(5)10/h3-4H,1-2H3,(H,11,12)(H,13,14). The zero-order valence-electron chi connectivity index (χ0n) is 8.20. The average Bonchev–Trinajstić information content (AvgIpc) is 2.50. The van der Waals surface area contributed by atoms with E-state index in [1.807, 2.05) is 0 Å². The molecule has 6 heteroatoms. The monoisotopic (exact) mass is 291 g/mol. The van der Waals surface area contributed by atoms with Crippen molar-refractivity contribution in [3.63, 3.8) is 0 Å². The Balaban J connectivity index is 2.81. The van der Waals surface area contributed by atoms with Crippen LogP contribution in [0.4, 0.5) is 0 Å². The summed E-state index contributed by atoms with van der Waals surface area (Å²) < 4.78 is 0.672. The molecule has 0 aliphatic rings. The third-order valence-corrected chi connectivity index (χ3v) is 3.52. The van der Waals surface area contributed by atoms with Gasteiger partial charge in [0.2, 0.25) is 0 Å². The first-order valence-electron chi connectivity index (χ1n) is 4.12. The van der Waals surface area contributed by atoms with Gasteiger partial charge >= 0.3 is 5.97 Å². The van der Waals surface area contributed by atoms with Crippen LogP contribution in [0, 0.1) is 0 Å². The van der Waals surface area contributed by atoms with E-state index in [1.54, 1.807) is 10.8 Å². The highest BCUT2D eigenvalue weighted by Gasteiger charge is 2.29. The topological polar surface area (TPSA) is 66.4 Å². The lowest BCUT2D eigenvalue weighted by Gasteiger charge is -2.20. The molecule has 82 valence electrons. The Labute approximate surface area is 99.4 Å². The summed E-state index contributed by atoms with van der Waals surface area (Å²) in [5, 5.41) is 14.7. The van der Waals surface area contributed by atoms with Crippen LogP contribution in [0.5, 0.6) is 0 Å². The lowest BCUT2D eigenvalue weighted by Crippen LogP contribution is -2.49. The molecule has 0 bridgehead atoms. The second kappa shape index (κ2) is 4.32. The fourth-order valence-electron chi connectivity index (χ4n) is 0.848. The molecule has 0 fully saturated rings. The van der Waals surface area contributed by atoms with E-state index in [9.17, 15) is 9.59 Å². The van der Waals surface area contributed by atoms with Crippen LogP contribution in [0.25, 0.3) is 0 Å². The maximum atomic E-state index is 11.6. The molecule has 0 saturated carbocycles. The van der Waals surface area contributed by atoms with Gasteiger partial charge in [-0.15, -0.1) is 0 Å². The Morgan fingerprint density at radius 3 is 2.47 bits per heavy atom. The molecule has 1 aromatic heterocycles. The molecule has 0 atom stereocenters. The number of thiophene rings is 1. The highest BCUT2D eigenvalue weighted by atomic mass is 79.9. The Morgan fingerprint density at radius 2 is 2.07 bits per heavy atom. The summed E-state index contributed by atoms with van der Waals surface area (Å²) in [7, 11) is 0. The van der Waals surface area contributed by atoms with E-state index in [2.05, 4.69) is 21.2 Å². The predicted molar refractivity (Wildman–Crippen MR) is 61.2 cm³/mol. The minimum atomic E-state index is -1.27. The van der Waals surface area contributed by atoms with Gasteiger partial charge in [-0.25, -0.2) is 4.79 Å². The van der Waals surface area contributed by atoms with Crippen LogP contribution in [0.3, 0.4) is 0 Å². The molecule has 4 nitrogen and oxygen atoms in total. The lowest BCUT2D eigenvalue weighted by atomic mass is 10.1. The van der Waals surface area contributed by atoms with Crippen molar-refractivity contribution in [3.8, 4) is 0 Å². The molecule has 2 N–H and O–H groups in total. The highest BCUT2D eigenvalue weighted by molar-refractivity contribution is 9.10. The van der Waals surface area contributed by atoms with Crippen LogP contribution in [0.1, 0.15) is 24.2 Å². The van der Waals surface area contributed by atoms with Crippen molar-refractivity contribution >= 4 is 39.1 Å². The number of carbonyl (C=O) groups excluding carboxylic acids is 1. The molecular weight excluding hydrogens is 282 g/mol. The second-order valence-electron chi connectivity index (χ2n) is 3.52. The molecule has 0 aromatic carbocycles. The normalized spacial score (nSPS) is 11.1. The van der Waals surface area contributed by atoms with E-state index in [-0.39, 0.29) is 0 Å². The van der Waals surface area contributed by atoms with E-state index >= 15 is 0 Å². The van der Waals surface area contributed by atoms with Gasteiger partial charge in [0.15, 0.2) is 0 Å². The molecule has 1 aromatic rings. The summed E-state index contributed by atoms with van der Waals surface area (Å²) in [5.74, 6) is -1.46. The molecule has 1 rings (SSSR count). The van der Waals surface area contributed by atoms with E-state index < -0.39 is 17.4 Å². The fraction of sp³-hybridized carbons (Fsp3) is 0.333. The SMILES string of the molecule is CC(C)(NC(=O)c1cscc1Br)C(=O)O. The third-order valence-electron chi connectivity index (χ3n) is 1.82. The van der Waals surface area contributed by atoms with Crippen LogP contribution in [-0.4, -0.2) is 22.5 Å². The van der Waals surface area contributed by atoms with Gasteiger partial charge in [0.05, 0.1) is 5.56 Å². The number of rotatable bonds is 3. The Kier molecular flexibility index (Phi) is 3.51. The molecule has 0 unspecified atom stereocenters. The van der Waals surface area contributed by atoms with Crippen molar-refractivity contribution < 1.29 is 14.7 Å². The van der Waals surface area contributed by atoms with E-state index in [1.165, 1.54) is 25.2 Å². The first-order valence-corrected chi connectivity index (χ1v) is 5.86. The molecule has 0 spiro atoms. The van der Waals surface area contributed by atoms with E-state index in [0.29, 0.717) is 10.0 Å². The Hall–Kier alpha value is -0.880. The van der Waals surface area contributed by atoms with Gasteiger partial charge < -0.3 is 10.4 Å². The largest absolute Gasteiger partial charge is 0.480 e. The van der Waals surface area contributed by atoms with Gasteiger partial charge in [-0.05, 0) is 29.8 Å². The lowest BCUT2D eigenvalue weighted by molar-refractivity contribution is -0.143. The number of carboxylic acid groups (broad SMARTS) is 1. The molecule has 0 saturated heterocycles. The van der Waals surface area contributed by atoms with Crippen molar-refractivity contribution in [2.24, 2.45) is 0 Å². The quantitative estimate of drug-likeness (QED) is 0.896. The highest BCUT2D eigenvalue weighted by Crippen LogP contribution is 2.21. The number of hydrogen-bond donors (Lipinski definition) is 2. The fourth-order valence-corrected chi connectivity index (χ4v) is 2.30. The van der Waals surface area contributed by atoms with Crippen molar-refractivity contribution in [3.05, 3.63) is 20.8 Å². The summed E-state index contributed by atoms with van der Waals surface area (Å²) in [6.45, 7) is 2.88. The summed E-state index contributed by atoms with van der Waals surface area (Å²) in [6, 6.07) is 0. The van der Waals surface area contributed by atoms with Crippen molar-refractivity contribution in [1.82, 2.24) is 5.32 Å². The minimum Gasteiger partial charge on any atom is -0.480 e. The van der Waals surface area contributed by atoms with E-state index in [0.717, 1.165) is 0 Å². The predicted octanol–water partition coefficient (Wildman–Crippen LogP) is 2.10. The zero-order valence-corrected chi connectivity index (χ0v) is 10.6. The van der Waals surface area contributed by atoms with Crippen molar-refractivity contribution in [1.29, 1.82) is 0 Å². The first-order chi connectivity index (χ1) is 6.84. The smallest absolute Gasteiger partial charge is 0.328 e. The van der Waals surface area contributed by atoms with Gasteiger partial charge in [-0.2, -0.15) is 11.3 Å². The molecule has 15 heavy (non-hydrogen) atoms. The second-order valence-corrected chi connectivity index (χ2v) is 5.12. The Bertz CT molecular complexity index is 400. The molecule has 0 aliphatic carbocycles. The number of aliphatic carboxylic acids is 1. The number of amides is 1. The molecule has 1 heterocycles. The van der Waals surface area contributed by atoms with Gasteiger partial charge in [-0.3, -0.25) is 4.79 Å². The molecular formula is C9H10BrNO3S. The molecule has 0 radical (unpaired) electrons. The zero-order chi connectivity index (χ0) is 11.6. The summed E-state index contributed by atoms with van der Waals surface area (Å²) >= 11 is 4.59. The maximum Gasteiger partial charge on any atom is 0.328 e. The summed E-state index contributed by atoms with van der Waals surface area (Å²) in [6.07, 6.45) is 0. The van der Waals surface area contributed by atoms with E-state index in [4.69, 9.17) is 5.11 Å². The van der Waals surface area contributed by atoms with Crippen LogP contribution in [-0.2, 0) is 4.79 Å². The molecule has 1 amide bonds. The maximum absolute atomic E-state index is 11.6. The Morgan fingerprint density at radius 1 is 1.47 bits per heavy atom. The number of halogens is 1. The van der Waals surface area contributed by atoms with Crippen LogP contribution in [0.2, 0.25) is 0 Å². The van der Waals surface area contributed by atoms with Crippen molar-refractivity contribution in [2.75, 3.05) is 0 Å². The summed E-state index contributed by atoms with van der Waals surface area (Å²) in [5.41, 5.74) is -0.812. The van der Waals surface area contributed by atoms with Crippen molar-refractivity contribution in [2.45, 2.75) is 19.4 Å². The van der Waals surface area contributed by atoms with Gasteiger partial charge in [-0.1, -0.05) is 0 Å².